The van der Waals surface area contributed by atoms with E-state index < -0.39 is 0 Å². The zero-order chi connectivity index (χ0) is 12.3. The third kappa shape index (κ3) is 2.56. The maximum Gasteiger partial charge on any atom is 0.181 e. The van der Waals surface area contributed by atoms with Gasteiger partial charge in [-0.3, -0.25) is 4.79 Å². The van der Waals surface area contributed by atoms with Crippen LogP contribution in [0.3, 0.4) is 0 Å². The Kier molecular flexibility index (Phi) is 4.23. The summed E-state index contributed by atoms with van der Waals surface area (Å²) in [7, 11) is 0. The largest absolute Gasteiger partial charge is 0.329 e. The second kappa shape index (κ2) is 5.51. The number of nitrogens with two attached hydrogens (primary N) is 1. The van der Waals surface area contributed by atoms with Gasteiger partial charge in [-0.1, -0.05) is 37.3 Å². The molecule has 1 aliphatic rings. The van der Waals surface area contributed by atoms with Crippen LogP contribution in [0.2, 0.25) is 5.02 Å². The molecule has 4 heteroatoms. The van der Waals surface area contributed by atoms with Crippen LogP contribution >= 0.6 is 22.9 Å². The summed E-state index contributed by atoms with van der Waals surface area (Å²) in [6.45, 7) is 0.445. The Morgan fingerprint density at radius 2 is 2.00 bits per heavy atom. The highest BCUT2D eigenvalue weighted by Gasteiger charge is 2.38. The predicted molar refractivity (Wildman–Crippen MR) is 72.8 cm³/mol. The maximum absolute atomic E-state index is 12.6. The van der Waals surface area contributed by atoms with Crippen molar-refractivity contribution in [1.29, 1.82) is 0 Å². The minimum Gasteiger partial charge on any atom is -0.329 e. The molecule has 0 aromatic carbocycles. The van der Waals surface area contributed by atoms with E-state index in [1.807, 2.05) is 5.38 Å². The van der Waals surface area contributed by atoms with Crippen molar-refractivity contribution >= 4 is 28.7 Å². The summed E-state index contributed by atoms with van der Waals surface area (Å²) in [5.74, 6) is 0.168. The number of ketones is 1. The molecule has 2 N–H and O–H groups in total. The normalized spacial score (nSPS) is 19.9. The van der Waals surface area contributed by atoms with E-state index >= 15 is 0 Å². The van der Waals surface area contributed by atoms with Gasteiger partial charge < -0.3 is 5.73 Å². The zero-order valence-electron chi connectivity index (χ0n) is 9.88. The van der Waals surface area contributed by atoms with Crippen LogP contribution in [0.15, 0.2) is 11.4 Å². The monoisotopic (exact) mass is 271 g/mol. The fourth-order valence-electron chi connectivity index (χ4n) is 2.63. The van der Waals surface area contributed by atoms with E-state index in [0.29, 0.717) is 16.4 Å². The molecule has 2 nitrogen and oxygen atoms in total. The molecule has 0 radical (unpaired) electrons. The van der Waals surface area contributed by atoms with E-state index in [1.165, 1.54) is 24.2 Å². The molecular weight excluding hydrogens is 254 g/mol. The number of rotatable bonds is 3. The van der Waals surface area contributed by atoms with E-state index in [0.717, 1.165) is 25.7 Å². The first-order valence-corrected chi connectivity index (χ1v) is 7.43. The molecule has 1 heterocycles. The van der Waals surface area contributed by atoms with Crippen molar-refractivity contribution in [2.45, 2.75) is 38.5 Å². The van der Waals surface area contributed by atoms with Gasteiger partial charge in [0.1, 0.15) is 0 Å². The first kappa shape index (κ1) is 13.1. The lowest BCUT2D eigenvalue weighted by atomic mass is 9.76. The van der Waals surface area contributed by atoms with Crippen LogP contribution < -0.4 is 5.73 Å². The van der Waals surface area contributed by atoms with E-state index in [-0.39, 0.29) is 11.2 Å². The van der Waals surface area contributed by atoms with E-state index in [1.54, 1.807) is 6.07 Å². The highest BCUT2D eigenvalue weighted by molar-refractivity contribution is 7.12. The third-order valence-electron chi connectivity index (χ3n) is 3.76. The molecule has 0 bridgehead atoms. The summed E-state index contributed by atoms with van der Waals surface area (Å²) in [4.78, 5) is 13.3. The van der Waals surface area contributed by atoms with Gasteiger partial charge in [-0.2, -0.15) is 0 Å². The van der Waals surface area contributed by atoms with Crippen molar-refractivity contribution in [2.24, 2.45) is 11.1 Å². The first-order valence-electron chi connectivity index (χ1n) is 6.17. The van der Waals surface area contributed by atoms with Gasteiger partial charge in [0.25, 0.3) is 0 Å². The summed E-state index contributed by atoms with van der Waals surface area (Å²) in [6.07, 6.45) is 6.46. The van der Waals surface area contributed by atoms with E-state index in [4.69, 9.17) is 17.3 Å². The first-order chi connectivity index (χ1) is 8.19. The average Bonchev–Trinajstić information content (AvgIpc) is 2.64. The molecule has 2 rings (SSSR count). The molecular formula is C13H18ClNOS. The van der Waals surface area contributed by atoms with Gasteiger partial charge in [0, 0.05) is 12.0 Å². The topological polar surface area (TPSA) is 43.1 Å². The minimum absolute atomic E-state index is 0.168. The van der Waals surface area contributed by atoms with Gasteiger partial charge >= 0.3 is 0 Å². The summed E-state index contributed by atoms with van der Waals surface area (Å²) < 4.78 is 0. The molecule has 0 atom stereocenters. The van der Waals surface area contributed by atoms with E-state index in [9.17, 15) is 4.79 Å². The van der Waals surface area contributed by atoms with Crippen molar-refractivity contribution < 1.29 is 4.79 Å². The lowest BCUT2D eigenvalue weighted by Gasteiger charge is -2.29. The van der Waals surface area contributed by atoms with Crippen LogP contribution in [-0.4, -0.2) is 12.3 Å². The lowest BCUT2D eigenvalue weighted by molar-refractivity contribution is 0.0779. The molecule has 0 spiro atoms. The fraction of sp³-hybridized carbons (Fsp3) is 0.615. The summed E-state index contributed by atoms with van der Waals surface area (Å²) in [6, 6.07) is 1.79. The van der Waals surface area contributed by atoms with Gasteiger partial charge in [0.2, 0.25) is 0 Å². The van der Waals surface area contributed by atoms with Crippen LogP contribution in [0.1, 0.15) is 48.2 Å². The lowest BCUT2D eigenvalue weighted by Crippen LogP contribution is -2.38. The third-order valence-corrected chi connectivity index (χ3v) is 5.10. The van der Waals surface area contributed by atoms with Crippen LogP contribution in [0.4, 0.5) is 0 Å². The molecule has 0 aliphatic heterocycles. The molecule has 0 saturated heterocycles. The summed E-state index contributed by atoms with van der Waals surface area (Å²) in [5.41, 5.74) is 5.55. The number of Topliss-reactive ketones (excluding diaryl/α,β-unsaturated/α-hetero) is 1. The van der Waals surface area contributed by atoms with Crippen molar-refractivity contribution in [3.05, 3.63) is 21.3 Å². The standard InChI is InChI=1S/C13H18ClNOS/c14-10-5-8-17-11(10)12(16)13(9-15)6-3-1-2-4-7-13/h5,8H,1-4,6-7,9,15H2. The Balaban J connectivity index is 2.28. The summed E-state index contributed by atoms with van der Waals surface area (Å²) >= 11 is 7.50. The molecule has 1 saturated carbocycles. The highest BCUT2D eigenvalue weighted by atomic mass is 35.5. The van der Waals surface area contributed by atoms with Gasteiger partial charge in [-0.25, -0.2) is 0 Å². The second-order valence-electron chi connectivity index (χ2n) is 4.83. The van der Waals surface area contributed by atoms with Crippen molar-refractivity contribution in [3.63, 3.8) is 0 Å². The Morgan fingerprint density at radius 3 is 2.47 bits per heavy atom. The summed E-state index contributed by atoms with van der Waals surface area (Å²) in [5, 5.41) is 2.45. The number of hydrogen-bond acceptors (Lipinski definition) is 3. The zero-order valence-corrected chi connectivity index (χ0v) is 11.4. The average molecular weight is 272 g/mol. The molecule has 1 aromatic heterocycles. The van der Waals surface area contributed by atoms with Crippen LogP contribution in [0.25, 0.3) is 0 Å². The molecule has 1 aliphatic carbocycles. The quantitative estimate of drug-likeness (QED) is 0.670. The van der Waals surface area contributed by atoms with Crippen molar-refractivity contribution in [1.82, 2.24) is 0 Å². The SMILES string of the molecule is NCC1(C(=O)c2sccc2Cl)CCCCCC1. The van der Waals surface area contributed by atoms with Gasteiger partial charge in [0.05, 0.1) is 9.90 Å². The second-order valence-corrected chi connectivity index (χ2v) is 6.15. The van der Waals surface area contributed by atoms with Crippen molar-refractivity contribution in [3.8, 4) is 0 Å². The van der Waals surface area contributed by atoms with Crippen LogP contribution in [-0.2, 0) is 0 Å². The fourth-order valence-corrected chi connectivity index (χ4v) is 3.83. The Bertz CT molecular complexity index is 394. The molecule has 17 heavy (non-hydrogen) atoms. The van der Waals surface area contributed by atoms with Crippen LogP contribution in [0, 0.1) is 5.41 Å². The molecule has 0 amide bonds. The maximum atomic E-state index is 12.6. The smallest absolute Gasteiger partial charge is 0.181 e. The predicted octanol–water partition coefficient (Wildman–Crippen LogP) is 3.88. The van der Waals surface area contributed by atoms with Crippen LogP contribution in [0.5, 0.6) is 0 Å². The molecule has 0 unspecified atom stereocenters. The van der Waals surface area contributed by atoms with E-state index in [2.05, 4.69) is 0 Å². The van der Waals surface area contributed by atoms with Gasteiger partial charge in [-0.05, 0) is 24.3 Å². The van der Waals surface area contributed by atoms with Crippen molar-refractivity contribution in [2.75, 3.05) is 6.54 Å². The number of carbonyl (C=O) groups is 1. The number of thiophene rings is 1. The Hall–Kier alpha value is -0.380. The molecule has 1 aromatic rings. The minimum atomic E-state index is -0.356. The number of hydrogen-bond donors (Lipinski definition) is 1. The Labute approximate surface area is 111 Å². The van der Waals surface area contributed by atoms with Gasteiger partial charge in [-0.15, -0.1) is 11.3 Å². The number of halogens is 1. The molecule has 1 fully saturated rings. The number of carbonyl (C=O) groups excluding carboxylic acids is 1. The Morgan fingerprint density at radius 1 is 1.35 bits per heavy atom. The van der Waals surface area contributed by atoms with Gasteiger partial charge in [0.15, 0.2) is 5.78 Å². The highest BCUT2D eigenvalue weighted by Crippen LogP contribution is 2.39. The molecule has 94 valence electrons.